The number of ether oxygens (including phenoxy) is 5. The number of esters is 2. The fourth-order valence-corrected chi connectivity index (χ4v) is 3.63. The Morgan fingerprint density at radius 3 is 2.53 bits per heavy atom. The smallest absolute Gasteiger partial charge is 0.455 e. The van der Waals surface area contributed by atoms with E-state index in [0.29, 0.717) is 11.2 Å². The predicted molar refractivity (Wildman–Crippen MR) is 122 cm³/mol. The van der Waals surface area contributed by atoms with E-state index in [2.05, 4.69) is 10.1 Å². The molecule has 194 valence electrons. The monoisotopic (exact) mass is 503 g/mol. The highest BCUT2D eigenvalue weighted by Crippen LogP contribution is 2.44. The van der Waals surface area contributed by atoms with E-state index in [-0.39, 0.29) is 31.2 Å². The van der Waals surface area contributed by atoms with Gasteiger partial charge >= 0.3 is 18.1 Å². The average molecular weight is 504 g/mol. The van der Waals surface area contributed by atoms with E-state index >= 15 is 0 Å². The van der Waals surface area contributed by atoms with Crippen LogP contribution in [-0.2, 0) is 33.3 Å². The maximum absolute atomic E-state index is 12.4. The van der Waals surface area contributed by atoms with Gasteiger partial charge in [-0.25, -0.2) is 14.3 Å². The summed E-state index contributed by atoms with van der Waals surface area (Å²) in [6, 6.07) is 5.20. The molecule has 1 aliphatic heterocycles. The molecule has 1 saturated heterocycles. The van der Waals surface area contributed by atoms with Crippen molar-refractivity contribution < 1.29 is 38.1 Å². The maximum atomic E-state index is 12.4. The molecule has 0 radical (unpaired) electrons. The molecule has 2 aromatic heterocycles. The lowest BCUT2D eigenvalue weighted by molar-refractivity contribution is -0.169. The zero-order valence-electron chi connectivity index (χ0n) is 20.5. The third-order valence-electron chi connectivity index (χ3n) is 5.43. The van der Waals surface area contributed by atoms with Gasteiger partial charge < -0.3 is 29.4 Å². The van der Waals surface area contributed by atoms with Crippen molar-refractivity contribution in [2.24, 2.45) is 5.92 Å². The van der Waals surface area contributed by atoms with Crippen molar-refractivity contribution in [1.29, 1.82) is 5.26 Å². The van der Waals surface area contributed by atoms with Gasteiger partial charge in [-0.2, -0.15) is 10.4 Å². The second-order valence-electron chi connectivity index (χ2n) is 8.56. The summed E-state index contributed by atoms with van der Waals surface area (Å²) in [5, 5.41) is 14.4. The van der Waals surface area contributed by atoms with Crippen molar-refractivity contribution in [2.75, 3.05) is 18.9 Å². The number of hydrogen-bond donors (Lipinski definition) is 1. The molecule has 0 bridgehead atoms. The number of nitrogens with two attached hydrogens (primary N) is 1. The molecule has 0 amide bonds. The Bertz CT molecular complexity index is 1160. The van der Waals surface area contributed by atoms with E-state index in [9.17, 15) is 19.6 Å². The second-order valence-corrected chi connectivity index (χ2v) is 8.56. The minimum atomic E-state index is -2.02. The Hall–Kier alpha value is -3.92. The van der Waals surface area contributed by atoms with E-state index in [1.807, 2.05) is 19.9 Å². The first kappa shape index (κ1) is 26.7. The summed E-state index contributed by atoms with van der Waals surface area (Å²) >= 11 is 0. The van der Waals surface area contributed by atoms with Crippen LogP contribution in [0.15, 0.2) is 18.5 Å². The highest BCUT2D eigenvalue weighted by atomic mass is 16.7. The first-order valence-corrected chi connectivity index (χ1v) is 11.5. The van der Waals surface area contributed by atoms with Crippen LogP contribution in [0.1, 0.15) is 52.3 Å². The van der Waals surface area contributed by atoms with Crippen molar-refractivity contribution in [3.63, 3.8) is 0 Å². The lowest BCUT2D eigenvalue weighted by atomic mass is 9.95. The molecule has 3 heterocycles. The predicted octanol–water partition coefficient (Wildman–Crippen LogP) is 2.10. The van der Waals surface area contributed by atoms with Crippen molar-refractivity contribution in [3.8, 4) is 6.07 Å². The molecule has 3 rings (SSSR count). The van der Waals surface area contributed by atoms with Gasteiger partial charge in [-0.05, 0) is 18.1 Å². The highest BCUT2D eigenvalue weighted by Gasteiger charge is 2.62. The quantitative estimate of drug-likeness (QED) is 0.390. The molecule has 1 fully saturated rings. The van der Waals surface area contributed by atoms with Crippen LogP contribution in [0.3, 0.4) is 0 Å². The van der Waals surface area contributed by atoms with Crippen molar-refractivity contribution >= 4 is 29.4 Å². The molecule has 13 heteroatoms. The molecule has 0 unspecified atom stereocenters. The molecule has 2 N–H and O–H groups in total. The normalized spacial score (nSPS) is 23.3. The van der Waals surface area contributed by atoms with Gasteiger partial charge in [0, 0.05) is 12.8 Å². The molecule has 2 aromatic rings. The number of anilines is 1. The number of carbonyl (C=O) groups is 3. The Balaban J connectivity index is 2.04. The molecule has 4 atom stereocenters. The van der Waals surface area contributed by atoms with E-state index in [4.69, 9.17) is 29.4 Å². The molecule has 1 aliphatic rings. The van der Waals surface area contributed by atoms with Gasteiger partial charge in [0.05, 0.1) is 12.3 Å². The molecule has 36 heavy (non-hydrogen) atoms. The largest absolute Gasteiger partial charge is 0.508 e. The summed E-state index contributed by atoms with van der Waals surface area (Å²) in [5.74, 6) is -1.04. The third kappa shape index (κ3) is 5.49. The van der Waals surface area contributed by atoms with E-state index in [0.717, 1.165) is 0 Å². The topological polar surface area (TPSA) is 177 Å². The second kappa shape index (κ2) is 11.2. The van der Waals surface area contributed by atoms with Crippen LogP contribution >= 0.6 is 0 Å². The zero-order chi connectivity index (χ0) is 26.5. The lowest BCUT2D eigenvalue weighted by Crippen LogP contribution is -2.49. The van der Waals surface area contributed by atoms with E-state index < -0.39 is 48.6 Å². The average Bonchev–Trinajstić information content (AvgIpc) is 3.42. The number of carbonyl (C=O) groups excluding carboxylic acids is 3. The number of fused-ring (bicyclic) bond motifs is 1. The van der Waals surface area contributed by atoms with Gasteiger partial charge in [0.2, 0.25) is 5.60 Å². The number of aromatic nitrogens is 3. The van der Waals surface area contributed by atoms with Crippen LogP contribution < -0.4 is 5.73 Å². The van der Waals surface area contributed by atoms with Crippen molar-refractivity contribution in [2.45, 2.75) is 64.4 Å². The van der Waals surface area contributed by atoms with Crippen molar-refractivity contribution in [1.82, 2.24) is 14.6 Å². The molecule has 0 aliphatic carbocycles. The fourth-order valence-electron chi connectivity index (χ4n) is 3.63. The van der Waals surface area contributed by atoms with Crippen LogP contribution in [0.25, 0.3) is 5.52 Å². The number of nitrogen functional groups attached to an aromatic ring is 1. The van der Waals surface area contributed by atoms with E-state index in [1.165, 1.54) is 10.8 Å². The van der Waals surface area contributed by atoms with Crippen LogP contribution in [0.5, 0.6) is 0 Å². The zero-order valence-corrected chi connectivity index (χ0v) is 20.5. The third-order valence-corrected chi connectivity index (χ3v) is 5.43. The SMILES string of the molecule is CCC(=O)O[C@H]1[C@H](c2ccc3c(N)ncnn23)O[C@](C#N)(COC(=O)OCC(C)C)[C@H]1OC(=O)CC. The Labute approximate surface area is 207 Å². The first-order chi connectivity index (χ1) is 17.2. The Morgan fingerprint density at radius 1 is 1.19 bits per heavy atom. The van der Waals surface area contributed by atoms with Crippen LogP contribution in [0.4, 0.5) is 10.6 Å². The summed E-state index contributed by atoms with van der Waals surface area (Å²) < 4.78 is 28.9. The van der Waals surface area contributed by atoms with Crippen molar-refractivity contribution in [3.05, 3.63) is 24.2 Å². The summed E-state index contributed by atoms with van der Waals surface area (Å²) in [4.78, 5) is 40.8. The van der Waals surface area contributed by atoms with Gasteiger partial charge in [-0.15, -0.1) is 0 Å². The Morgan fingerprint density at radius 2 is 1.89 bits per heavy atom. The summed E-state index contributed by atoms with van der Waals surface area (Å²) in [7, 11) is 0. The molecule has 0 spiro atoms. The van der Waals surface area contributed by atoms with Gasteiger partial charge in [0.1, 0.15) is 30.6 Å². The number of rotatable bonds is 9. The van der Waals surface area contributed by atoms with Crippen LogP contribution in [0.2, 0.25) is 0 Å². The number of nitrogens with zero attached hydrogens (tertiary/aromatic N) is 4. The highest BCUT2D eigenvalue weighted by molar-refractivity contribution is 5.71. The summed E-state index contributed by atoms with van der Waals surface area (Å²) in [6.07, 6.45) is -3.64. The van der Waals surface area contributed by atoms with Gasteiger partial charge in [0.25, 0.3) is 0 Å². The van der Waals surface area contributed by atoms with Gasteiger partial charge in [0.15, 0.2) is 18.0 Å². The Kier molecular flexibility index (Phi) is 8.31. The fraction of sp³-hybridized carbons (Fsp3) is 0.565. The molecule has 0 saturated carbocycles. The number of nitriles is 1. The van der Waals surface area contributed by atoms with Gasteiger partial charge in [-0.3, -0.25) is 9.59 Å². The minimum absolute atomic E-state index is 0.0132. The molecule has 13 nitrogen and oxygen atoms in total. The maximum Gasteiger partial charge on any atom is 0.508 e. The summed E-state index contributed by atoms with van der Waals surface area (Å²) in [5.41, 5.74) is 4.71. The molecular formula is C23H29N5O8. The van der Waals surface area contributed by atoms with Crippen LogP contribution in [-0.4, -0.2) is 63.7 Å². The molecular weight excluding hydrogens is 474 g/mol. The first-order valence-electron chi connectivity index (χ1n) is 11.5. The van der Waals surface area contributed by atoms with Gasteiger partial charge in [-0.1, -0.05) is 27.7 Å². The lowest BCUT2D eigenvalue weighted by Gasteiger charge is -2.28. The molecule has 0 aromatic carbocycles. The summed E-state index contributed by atoms with van der Waals surface area (Å²) in [6.45, 7) is 6.30. The van der Waals surface area contributed by atoms with Crippen LogP contribution in [0, 0.1) is 17.2 Å². The minimum Gasteiger partial charge on any atom is -0.455 e. The number of hydrogen-bond acceptors (Lipinski definition) is 12. The van der Waals surface area contributed by atoms with E-state index in [1.54, 1.807) is 26.0 Å². The standard InChI is InChI=1S/C23H29N5O8/c1-5-16(29)34-19-18(14-7-8-15-21(25)26-12-27-28(14)15)36-23(10-24,20(19)35-17(30)6-2)11-33-22(31)32-9-13(3)4/h7-8,12-13,18-20H,5-6,9,11H2,1-4H3,(H2,25,26,27)/t18-,19-,20-,23+/m0/s1.